The van der Waals surface area contributed by atoms with Gasteiger partial charge in [-0.3, -0.25) is 9.59 Å². The molecule has 0 saturated carbocycles. The van der Waals surface area contributed by atoms with Gasteiger partial charge in [0, 0.05) is 19.5 Å². The third-order valence-electron chi connectivity index (χ3n) is 1.96. The lowest BCUT2D eigenvalue weighted by molar-refractivity contribution is -0.139. The lowest BCUT2D eigenvalue weighted by Crippen LogP contribution is -2.39. The summed E-state index contributed by atoms with van der Waals surface area (Å²) in [6.45, 7) is 4.87. The van der Waals surface area contributed by atoms with E-state index in [-0.39, 0.29) is 18.1 Å². The number of amides is 1. The van der Waals surface area contributed by atoms with Crippen LogP contribution in [-0.4, -0.2) is 29.7 Å². The van der Waals surface area contributed by atoms with Crippen molar-refractivity contribution in [1.82, 2.24) is 4.90 Å². The molecule has 12 heavy (non-hydrogen) atoms. The Balaban J connectivity index is 2.39. The summed E-state index contributed by atoms with van der Waals surface area (Å²) in [6, 6.07) is 0. The molecule has 1 aliphatic rings. The highest BCUT2D eigenvalue weighted by atomic mass is 16.2. The van der Waals surface area contributed by atoms with Crippen molar-refractivity contribution in [2.45, 2.75) is 19.3 Å². The van der Waals surface area contributed by atoms with Crippen molar-refractivity contribution in [2.75, 3.05) is 13.1 Å². The van der Waals surface area contributed by atoms with Gasteiger partial charge in [-0.2, -0.15) is 0 Å². The van der Waals surface area contributed by atoms with E-state index in [4.69, 9.17) is 0 Å². The summed E-state index contributed by atoms with van der Waals surface area (Å²) in [5.74, 6) is 0.0305. The molecule has 1 saturated heterocycles. The second-order valence-electron chi connectivity index (χ2n) is 2.92. The first-order chi connectivity index (χ1) is 5.74. The Morgan fingerprint density at radius 3 is 2.83 bits per heavy atom. The number of Topliss-reactive ketones (excluding diaryl/α,β-unsaturated/α-hetero) is 1. The molecule has 0 spiro atoms. The molecule has 1 aliphatic heterocycles. The molecule has 3 heteroatoms. The highest BCUT2D eigenvalue weighted by Gasteiger charge is 2.22. The molecule has 0 aromatic carbocycles. The zero-order chi connectivity index (χ0) is 8.97. The van der Waals surface area contributed by atoms with E-state index in [1.807, 2.05) is 0 Å². The van der Waals surface area contributed by atoms with Crippen LogP contribution in [0.5, 0.6) is 0 Å². The van der Waals surface area contributed by atoms with Crippen LogP contribution in [-0.2, 0) is 9.59 Å². The number of rotatable bonds is 3. The molecule has 0 bridgehead atoms. The maximum absolute atomic E-state index is 11.2. The summed E-state index contributed by atoms with van der Waals surface area (Å²) in [6.07, 6.45) is 3.20. The molecule has 1 amide bonds. The molecule has 1 fully saturated rings. The Labute approximate surface area is 72.0 Å². The fraction of sp³-hybridized carbons (Fsp3) is 0.556. The third kappa shape index (κ3) is 2.19. The quantitative estimate of drug-likeness (QED) is 0.459. The first-order valence-corrected chi connectivity index (χ1v) is 4.14. The van der Waals surface area contributed by atoms with E-state index in [1.165, 1.54) is 0 Å². The van der Waals surface area contributed by atoms with Crippen LogP contribution in [0.25, 0.3) is 0 Å². The maximum Gasteiger partial charge on any atom is 0.230 e. The summed E-state index contributed by atoms with van der Waals surface area (Å²) >= 11 is 0. The largest absolute Gasteiger partial charge is 0.342 e. The zero-order valence-electron chi connectivity index (χ0n) is 7.08. The van der Waals surface area contributed by atoms with Crippen molar-refractivity contribution in [2.24, 2.45) is 0 Å². The van der Waals surface area contributed by atoms with Crippen molar-refractivity contribution in [3.63, 3.8) is 0 Å². The predicted molar refractivity (Wildman–Crippen MR) is 45.6 cm³/mol. The molecule has 1 heterocycles. The van der Waals surface area contributed by atoms with Gasteiger partial charge in [-0.05, 0) is 6.42 Å². The van der Waals surface area contributed by atoms with Crippen LogP contribution in [0.15, 0.2) is 12.7 Å². The highest BCUT2D eigenvalue weighted by molar-refractivity contribution is 6.00. The van der Waals surface area contributed by atoms with Gasteiger partial charge in [-0.15, -0.1) is 6.58 Å². The predicted octanol–water partition coefficient (Wildman–Crippen LogP) is 0.754. The summed E-state index contributed by atoms with van der Waals surface area (Å²) < 4.78 is 0. The number of carbonyl (C=O) groups excluding carboxylic acids is 2. The molecule has 0 N–H and O–H groups in total. The SMILES string of the molecule is C=CCCN1CCC(=O)CC1=O. The monoisotopic (exact) mass is 167 g/mol. The summed E-state index contributed by atoms with van der Waals surface area (Å²) in [4.78, 5) is 23.7. The number of ketones is 1. The Bertz CT molecular complexity index is 209. The van der Waals surface area contributed by atoms with Crippen LogP contribution in [0.4, 0.5) is 0 Å². The van der Waals surface area contributed by atoms with Crippen LogP contribution in [0, 0.1) is 0 Å². The Morgan fingerprint density at radius 2 is 2.25 bits per heavy atom. The first-order valence-electron chi connectivity index (χ1n) is 4.14. The number of hydrogen-bond donors (Lipinski definition) is 0. The molecule has 0 aromatic heterocycles. The van der Waals surface area contributed by atoms with Gasteiger partial charge >= 0.3 is 0 Å². The number of hydrogen-bond acceptors (Lipinski definition) is 2. The molecule has 0 atom stereocenters. The van der Waals surface area contributed by atoms with Crippen LogP contribution < -0.4 is 0 Å². The average molecular weight is 167 g/mol. The summed E-state index contributed by atoms with van der Waals surface area (Å²) in [7, 11) is 0. The lowest BCUT2D eigenvalue weighted by atomic mass is 10.1. The molecule has 0 radical (unpaired) electrons. The fourth-order valence-electron chi connectivity index (χ4n) is 1.24. The fourth-order valence-corrected chi connectivity index (χ4v) is 1.24. The van der Waals surface area contributed by atoms with E-state index in [2.05, 4.69) is 6.58 Å². The van der Waals surface area contributed by atoms with Gasteiger partial charge in [-0.25, -0.2) is 0 Å². The van der Waals surface area contributed by atoms with E-state index in [9.17, 15) is 9.59 Å². The van der Waals surface area contributed by atoms with Crippen LogP contribution in [0.2, 0.25) is 0 Å². The van der Waals surface area contributed by atoms with E-state index >= 15 is 0 Å². The van der Waals surface area contributed by atoms with Crippen molar-refractivity contribution in [3.8, 4) is 0 Å². The maximum atomic E-state index is 11.2. The van der Waals surface area contributed by atoms with Gasteiger partial charge in [0.05, 0.1) is 6.42 Å². The Hall–Kier alpha value is -1.12. The second kappa shape index (κ2) is 4.04. The number of likely N-dealkylation sites (tertiary alicyclic amines) is 1. The van der Waals surface area contributed by atoms with Gasteiger partial charge < -0.3 is 4.90 Å². The molecular formula is C9H13NO2. The number of nitrogens with zero attached hydrogens (tertiary/aromatic N) is 1. The van der Waals surface area contributed by atoms with E-state index in [0.717, 1.165) is 6.42 Å². The van der Waals surface area contributed by atoms with Gasteiger partial charge in [0.2, 0.25) is 5.91 Å². The van der Waals surface area contributed by atoms with Crippen LogP contribution >= 0.6 is 0 Å². The van der Waals surface area contributed by atoms with Gasteiger partial charge in [0.15, 0.2) is 0 Å². The standard InChI is InChI=1S/C9H13NO2/c1-2-3-5-10-6-4-8(11)7-9(10)12/h2H,1,3-7H2. The van der Waals surface area contributed by atoms with E-state index in [1.54, 1.807) is 11.0 Å². The minimum atomic E-state index is -0.0342. The van der Waals surface area contributed by atoms with Crippen molar-refractivity contribution >= 4 is 11.7 Å². The van der Waals surface area contributed by atoms with Crippen LogP contribution in [0.1, 0.15) is 19.3 Å². The smallest absolute Gasteiger partial charge is 0.230 e. The van der Waals surface area contributed by atoms with E-state index in [0.29, 0.717) is 19.5 Å². The van der Waals surface area contributed by atoms with Gasteiger partial charge in [0.25, 0.3) is 0 Å². The number of carbonyl (C=O) groups is 2. The van der Waals surface area contributed by atoms with Crippen LogP contribution in [0.3, 0.4) is 0 Å². The van der Waals surface area contributed by atoms with Gasteiger partial charge in [0.1, 0.15) is 5.78 Å². The minimum Gasteiger partial charge on any atom is -0.342 e. The number of piperidine rings is 1. The summed E-state index contributed by atoms with van der Waals surface area (Å²) in [5.41, 5.74) is 0. The third-order valence-corrected chi connectivity index (χ3v) is 1.96. The normalized spacial score (nSPS) is 18.2. The molecule has 0 unspecified atom stereocenters. The second-order valence-corrected chi connectivity index (χ2v) is 2.92. The van der Waals surface area contributed by atoms with E-state index < -0.39 is 0 Å². The average Bonchev–Trinajstić information content (AvgIpc) is 2.03. The molecule has 0 aromatic rings. The first kappa shape index (κ1) is 8.97. The summed E-state index contributed by atoms with van der Waals surface area (Å²) in [5, 5.41) is 0. The minimum absolute atomic E-state index is 0.0342. The van der Waals surface area contributed by atoms with Gasteiger partial charge in [-0.1, -0.05) is 6.08 Å². The lowest BCUT2D eigenvalue weighted by Gasteiger charge is -2.25. The molecule has 66 valence electrons. The topological polar surface area (TPSA) is 37.4 Å². The van der Waals surface area contributed by atoms with Crippen molar-refractivity contribution in [3.05, 3.63) is 12.7 Å². The molecule has 0 aliphatic carbocycles. The molecule has 3 nitrogen and oxygen atoms in total. The highest BCUT2D eigenvalue weighted by Crippen LogP contribution is 2.07. The Morgan fingerprint density at radius 1 is 1.50 bits per heavy atom. The van der Waals surface area contributed by atoms with Crippen molar-refractivity contribution < 1.29 is 9.59 Å². The molecule has 1 rings (SSSR count). The Kier molecular flexibility index (Phi) is 3.02. The van der Waals surface area contributed by atoms with Crippen molar-refractivity contribution in [1.29, 1.82) is 0 Å². The zero-order valence-corrected chi connectivity index (χ0v) is 7.08. The molecular weight excluding hydrogens is 154 g/mol.